The zero-order chi connectivity index (χ0) is 11.8. The van der Waals surface area contributed by atoms with Crippen molar-refractivity contribution in [1.82, 2.24) is 0 Å². The van der Waals surface area contributed by atoms with Gasteiger partial charge in [0.05, 0.1) is 0 Å². The summed E-state index contributed by atoms with van der Waals surface area (Å²) in [6, 6.07) is 4.79. The fourth-order valence-electron chi connectivity index (χ4n) is 2.99. The molecule has 2 aromatic rings. The van der Waals surface area contributed by atoms with Gasteiger partial charge in [0.1, 0.15) is 0 Å². The van der Waals surface area contributed by atoms with Crippen LogP contribution in [0.4, 0.5) is 0 Å². The van der Waals surface area contributed by atoms with E-state index in [-0.39, 0.29) is 6.04 Å². The first-order valence-electron chi connectivity index (χ1n) is 6.46. The summed E-state index contributed by atoms with van der Waals surface area (Å²) in [4.78, 5) is 1.39. The minimum absolute atomic E-state index is 0.266. The van der Waals surface area contributed by atoms with Gasteiger partial charge in [0.25, 0.3) is 0 Å². The maximum absolute atomic E-state index is 6.47. The lowest BCUT2D eigenvalue weighted by atomic mass is 9.78. The van der Waals surface area contributed by atoms with E-state index in [4.69, 9.17) is 5.73 Å². The van der Waals surface area contributed by atoms with Crippen LogP contribution in [0.15, 0.2) is 17.5 Å². The quantitative estimate of drug-likeness (QED) is 0.830. The molecule has 0 aliphatic heterocycles. The molecule has 0 spiro atoms. The van der Waals surface area contributed by atoms with Crippen LogP contribution in [0.5, 0.6) is 0 Å². The molecule has 3 atom stereocenters. The molecular weight excluding hydrogens is 246 g/mol. The van der Waals surface area contributed by atoms with Crippen LogP contribution in [0.25, 0.3) is 9.40 Å². The number of nitrogens with two attached hydrogens (primary N) is 1. The molecule has 2 aromatic heterocycles. The second kappa shape index (κ2) is 4.71. The topological polar surface area (TPSA) is 26.0 Å². The summed E-state index contributed by atoms with van der Waals surface area (Å²) < 4.78 is 2.81. The maximum Gasteiger partial charge on any atom is 0.0454 e. The fraction of sp³-hybridized carbons (Fsp3) is 0.571. The molecule has 1 aliphatic rings. The minimum atomic E-state index is 0.266. The molecule has 1 saturated carbocycles. The molecule has 0 saturated heterocycles. The van der Waals surface area contributed by atoms with Crippen molar-refractivity contribution in [1.29, 1.82) is 0 Å². The van der Waals surface area contributed by atoms with Crippen LogP contribution >= 0.6 is 22.7 Å². The molecule has 3 rings (SSSR count). The van der Waals surface area contributed by atoms with Crippen molar-refractivity contribution >= 4 is 32.1 Å². The smallest absolute Gasteiger partial charge is 0.0454 e. The van der Waals surface area contributed by atoms with Gasteiger partial charge in [0.2, 0.25) is 0 Å². The van der Waals surface area contributed by atoms with E-state index in [1.807, 2.05) is 22.7 Å². The predicted octanol–water partition coefficient (Wildman–Crippen LogP) is 4.79. The summed E-state index contributed by atoms with van der Waals surface area (Å²) in [6.45, 7) is 2.37. The molecule has 17 heavy (non-hydrogen) atoms. The second-order valence-electron chi connectivity index (χ2n) is 5.36. The molecule has 0 amide bonds. The molecule has 1 nitrogen and oxygen atoms in total. The lowest BCUT2D eigenvalue weighted by Gasteiger charge is -2.30. The molecule has 3 heteroatoms. The average Bonchev–Trinajstić information content (AvgIpc) is 2.88. The van der Waals surface area contributed by atoms with E-state index in [1.54, 1.807) is 0 Å². The van der Waals surface area contributed by atoms with Crippen LogP contribution in [0, 0.1) is 11.8 Å². The van der Waals surface area contributed by atoms with Gasteiger partial charge < -0.3 is 5.73 Å². The van der Waals surface area contributed by atoms with Gasteiger partial charge in [-0.1, -0.05) is 19.8 Å². The van der Waals surface area contributed by atoms with Crippen LogP contribution in [0.2, 0.25) is 0 Å². The van der Waals surface area contributed by atoms with Crippen LogP contribution < -0.4 is 5.73 Å². The molecule has 0 radical (unpaired) electrons. The Morgan fingerprint density at radius 1 is 1.35 bits per heavy atom. The lowest BCUT2D eigenvalue weighted by molar-refractivity contribution is 0.249. The van der Waals surface area contributed by atoms with Crippen LogP contribution in [-0.2, 0) is 0 Å². The van der Waals surface area contributed by atoms with Crippen molar-refractivity contribution < 1.29 is 0 Å². The van der Waals surface area contributed by atoms with E-state index >= 15 is 0 Å². The van der Waals surface area contributed by atoms with Crippen LogP contribution in [0.1, 0.15) is 43.5 Å². The summed E-state index contributed by atoms with van der Waals surface area (Å²) in [5, 5.41) is 2.17. The van der Waals surface area contributed by atoms with Crippen LogP contribution in [0.3, 0.4) is 0 Å². The Morgan fingerprint density at radius 3 is 3.00 bits per heavy atom. The van der Waals surface area contributed by atoms with Gasteiger partial charge in [-0.15, -0.1) is 22.7 Å². The monoisotopic (exact) mass is 265 g/mol. The number of hydrogen-bond donors (Lipinski definition) is 1. The van der Waals surface area contributed by atoms with Crippen molar-refractivity contribution in [2.75, 3.05) is 0 Å². The Balaban J connectivity index is 1.81. The van der Waals surface area contributed by atoms with E-state index < -0.39 is 0 Å². The SMILES string of the molecule is CC1CCCC(C(N)c2cc3sccc3s2)C1. The molecule has 0 bridgehead atoms. The third kappa shape index (κ3) is 2.28. The zero-order valence-electron chi connectivity index (χ0n) is 10.2. The highest BCUT2D eigenvalue weighted by Gasteiger charge is 2.26. The fourth-order valence-corrected chi connectivity index (χ4v) is 5.20. The average molecular weight is 265 g/mol. The van der Waals surface area contributed by atoms with Crippen molar-refractivity contribution in [2.45, 2.75) is 38.6 Å². The van der Waals surface area contributed by atoms with Gasteiger partial charge in [-0.2, -0.15) is 0 Å². The van der Waals surface area contributed by atoms with Crippen molar-refractivity contribution in [2.24, 2.45) is 17.6 Å². The molecule has 3 unspecified atom stereocenters. The van der Waals surface area contributed by atoms with Gasteiger partial charge in [-0.25, -0.2) is 0 Å². The van der Waals surface area contributed by atoms with E-state index in [1.165, 1.54) is 40.0 Å². The normalized spacial score (nSPS) is 27.4. The molecule has 2 N–H and O–H groups in total. The molecule has 0 aromatic carbocycles. The molecule has 1 fully saturated rings. The number of thiophene rings is 2. The third-order valence-electron chi connectivity index (χ3n) is 3.97. The predicted molar refractivity (Wildman–Crippen MR) is 77.8 cm³/mol. The van der Waals surface area contributed by atoms with E-state index in [2.05, 4.69) is 24.4 Å². The molecular formula is C14H19NS2. The Kier molecular flexibility index (Phi) is 3.24. The van der Waals surface area contributed by atoms with Crippen molar-refractivity contribution in [3.05, 3.63) is 22.4 Å². The molecule has 92 valence electrons. The maximum atomic E-state index is 6.47. The first-order valence-corrected chi connectivity index (χ1v) is 8.16. The Bertz CT molecular complexity index is 471. The summed E-state index contributed by atoms with van der Waals surface area (Å²) >= 11 is 3.72. The van der Waals surface area contributed by atoms with E-state index in [9.17, 15) is 0 Å². The highest BCUT2D eigenvalue weighted by Crippen LogP contribution is 2.40. The first kappa shape index (κ1) is 11.7. The van der Waals surface area contributed by atoms with Crippen molar-refractivity contribution in [3.8, 4) is 0 Å². The highest BCUT2D eigenvalue weighted by atomic mass is 32.1. The summed E-state index contributed by atoms with van der Waals surface area (Å²) in [5.74, 6) is 1.56. The number of fused-ring (bicyclic) bond motifs is 1. The lowest BCUT2D eigenvalue weighted by Crippen LogP contribution is -2.25. The van der Waals surface area contributed by atoms with Crippen molar-refractivity contribution in [3.63, 3.8) is 0 Å². The largest absolute Gasteiger partial charge is 0.323 e. The second-order valence-corrected chi connectivity index (χ2v) is 7.42. The first-order chi connectivity index (χ1) is 8.24. The third-order valence-corrected chi connectivity index (χ3v) is 6.17. The minimum Gasteiger partial charge on any atom is -0.323 e. The highest BCUT2D eigenvalue weighted by molar-refractivity contribution is 7.26. The Labute approximate surface area is 111 Å². The van der Waals surface area contributed by atoms with Gasteiger partial charge >= 0.3 is 0 Å². The summed E-state index contributed by atoms with van der Waals surface area (Å²) in [5.41, 5.74) is 6.47. The van der Waals surface area contributed by atoms with Gasteiger partial charge in [0, 0.05) is 20.3 Å². The molecule has 2 heterocycles. The number of hydrogen-bond acceptors (Lipinski definition) is 3. The Morgan fingerprint density at radius 2 is 2.24 bits per heavy atom. The van der Waals surface area contributed by atoms with Gasteiger partial charge in [-0.05, 0) is 42.2 Å². The van der Waals surface area contributed by atoms with Gasteiger partial charge in [0.15, 0.2) is 0 Å². The zero-order valence-corrected chi connectivity index (χ0v) is 11.8. The standard InChI is InChI=1S/C14H19NS2/c1-9-3-2-4-10(7-9)14(15)13-8-12-11(17-13)5-6-16-12/h5-6,8-10,14H,2-4,7,15H2,1H3. The Hall–Kier alpha value is -0.380. The van der Waals surface area contributed by atoms with Crippen LogP contribution in [-0.4, -0.2) is 0 Å². The van der Waals surface area contributed by atoms with E-state index in [0.29, 0.717) is 5.92 Å². The van der Waals surface area contributed by atoms with E-state index in [0.717, 1.165) is 5.92 Å². The number of rotatable bonds is 2. The molecule has 1 aliphatic carbocycles. The summed E-state index contributed by atoms with van der Waals surface area (Å²) in [6.07, 6.45) is 5.38. The summed E-state index contributed by atoms with van der Waals surface area (Å²) in [7, 11) is 0. The van der Waals surface area contributed by atoms with Gasteiger partial charge in [-0.3, -0.25) is 0 Å².